The molecular weight excluding hydrogens is 284 g/mol. The smallest absolute Gasteiger partial charge is 0.238 e. The monoisotopic (exact) mass is 310 g/mol. The van der Waals surface area contributed by atoms with Crippen LogP contribution in [0.1, 0.15) is 38.5 Å². The summed E-state index contributed by atoms with van der Waals surface area (Å²) in [5.41, 5.74) is 0.905. The maximum Gasteiger partial charge on any atom is 0.238 e. The van der Waals surface area contributed by atoms with Gasteiger partial charge in [0.2, 0.25) is 5.91 Å². The molecule has 0 bridgehead atoms. The molecule has 0 saturated heterocycles. The van der Waals surface area contributed by atoms with E-state index in [9.17, 15) is 4.79 Å². The van der Waals surface area contributed by atoms with Crippen LogP contribution in [0.4, 0.5) is 5.69 Å². The lowest BCUT2D eigenvalue weighted by atomic mass is 10.1. The van der Waals surface area contributed by atoms with E-state index in [1.165, 1.54) is 38.5 Å². The van der Waals surface area contributed by atoms with Crippen LogP contribution in [0.2, 0.25) is 0 Å². The van der Waals surface area contributed by atoms with Gasteiger partial charge in [0.25, 0.3) is 0 Å². The number of hydrogen-bond acceptors (Lipinski definition) is 2. The largest absolute Gasteiger partial charge is 0.324 e. The third-order valence-electron chi connectivity index (χ3n) is 4.90. The van der Waals surface area contributed by atoms with Gasteiger partial charge in [0.15, 0.2) is 0 Å². The molecule has 0 heterocycles. The van der Waals surface area contributed by atoms with E-state index in [1.807, 2.05) is 24.3 Å². The Morgan fingerprint density at radius 1 is 1.04 bits per heavy atom. The molecule has 0 radical (unpaired) electrons. The number of rotatable bonds is 4. The fourth-order valence-electron chi connectivity index (χ4n) is 3.58. The number of nitrogens with zero attached hydrogens (tertiary/aromatic N) is 1. The Hall–Kier alpha value is -1.87. The molecule has 1 aliphatic carbocycles. The van der Waals surface area contributed by atoms with E-state index in [1.54, 1.807) is 0 Å². The number of amides is 1. The summed E-state index contributed by atoms with van der Waals surface area (Å²) in [7, 11) is 2.08. The number of benzene rings is 2. The Balaban J connectivity index is 1.64. The molecule has 2 aromatic rings. The lowest BCUT2D eigenvalue weighted by Gasteiger charge is -2.26. The molecule has 0 spiro atoms. The van der Waals surface area contributed by atoms with Crippen molar-refractivity contribution in [3.05, 3.63) is 42.5 Å². The van der Waals surface area contributed by atoms with Crippen LogP contribution in [-0.2, 0) is 4.79 Å². The number of carbonyl (C=O) groups excluding carboxylic acids is 1. The quantitative estimate of drug-likeness (QED) is 0.847. The van der Waals surface area contributed by atoms with Crippen LogP contribution in [0.25, 0.3) is 10.8 Å². The van der Waals surface area contributed by atoms with Gasteiger partial charge in [-0.05, 0) is 31.3 Å². The summed E-state index contributed by atoms with van der Waals surface area (Å²) in [6.07, 6.45) is 7.70. The van der Waals surface area contributed by atoms with E-state index in [4.69, 9.17) is 0 Å². The number of anilines is 1. The van der Waals surface area contributed by atoms with Crippen molar-refractivity contribution in [2.45, 2.75) is 44.6 Å². The molecular formula is C20H26N2O. The highest BCUT2D eigenvalue weighted by Crippen LogP contribution is 2.24. The highest BCUT2D eigenvalue weighted by atomic mass is 16.2. The molecule has 0 aromatic heterocycles. The van der Waals surface area contributed by atoms with Gasteiger partial charge in [-0.3, -0.25) is 9.69 Å². The van der Waals surface area contributed by atoms with E-state index in [2.05, 4.69) is 35.5 Å². The zero-order chi connectivity index (χ0) is 16.1. The zero-order valence-corrected chi connectivity index (χ0v) is 13.9. The molecule has 1 fully saturated rings. The van der Waals surface area contributed by atoms with Gasteiger partial charge in [-0.1, -0.05) is 62.1 Å². The standard InChI is InChI=1S/C20H26N2O/c1-22(17-11-4-2-3-5-12-17)15-20(23)21-19-14-8-10-16-9-6-7-13-18(16)19/h6-10,13-14,17H,2-5,11-12,15H2,1H3,(H,21,23). The number of fused-ring (bicyclic) bond motifs is 1. The van der Waals surface area contributed by atoms with E-state index in [0.717, 1.165) is 16.5 Å². The lowest BCUT2D eigenvalue weighted by Crippen LogP contribution is -2.37. The third-order valence-corrected chi connectivity index (χ3v) is 4.90. The van der Waals surface area contributed by atoms with Gasteiger partial charge in [-0.15, -0.1) is 0 Å². The second kappa shape index (κ2) is 7.60. The topological polar surface area (TPSA) is 32.3 Å². The predicted octanol–water partition coefficient (Wildman–Crippen LogP) is 4.43. The van der Waals surface area contributed by atoms with E-state index >= 15 is 0 Å². The molecule has 1 amide bonds. The molecule has 2 aromatic carbocycles. The molecule has 3 nitrogen and oxygen atoms in total. The van der Waals surface area contributed by atoms with E-state index in [0.29, 0.717) is 12.6 Å². The number of likely N-dealkylation sites (N-methyl/N-ethyl adjacent to an activating group) is 1. The Bertz CT molecular complexity index is 654. The molecule has 1 aliphatic rings. The number of nitrogens with one attached hydrogen (secondary N) is 1. The van der Waals surface area contributed by atoms with Gasteiger partial charge in [0, 0.05) is 17.1 Å². The fraction of sp³-hybridized carbons (Fsp3) is 0.450. The normalized spacial score (nSPS) is 16.4. The summed E-state index contributed by atoms with van der Waals surface area (Å²) in [5.74, 6) is 0.0769. The predicted molar refractivity (Wildman–Crippen MR) is 96.7 cm³/mol. The Morgan fingerprint density at radius 3 is 2.52 bits per heavy atom. The molecule has 0 aliphatic heterocycles. The first-order valence-corrected chi connectivity index (χ1v) is 8.72. The minimum Gasteiger partial charge on any atom is -0.324 e. The van der Waals surface area contributed by atoms with Gasteiger partial charge in [0.1, 0.15) is 0 Å². The van der Waals surface area contributed by atoms with Gasteiger partial charge >= 0.3 is 0 Å². The summed E-state index contributed by atoms with van der Waals surface area (Å²) in [5, 5.41) is 5.34. The van der Waals surface area contributed by atoms with Gasteiger partial charge in [-0.2, -0.15) is 0 Å². The van der Waals surface area contributed by atoms with Crippen LogP contribution in [0.15, 0.2) is 42.5 Å². The molecule has 122 valence electrons. The summed E-state index contributed by atoms with van der Waals surface area (Å²) in [6, 6.07) is 14.8. The summed E-state index contributed by atoms with van der Waals surface area (Å²) in [4.78, 5) is 14.7. The van der Waals surface area contributed by atoms with Gasteiger partial charge < -0.3 is 5.32 Å². The minimum absolute atomic E-state index is 0.0769. The summed E-state index contributed by atoms with van der Waals surface area (Å²) < 4.78 is 0. The lowest BCUT2D eigenvalue weighted by molar-refractivity contribution is -0.117. The highest BCUT2D eigenvalue weighted by Gasteiger charge is 2.19. The molecule has 3 heteroatoms. The maximum atomic E-state index is 12.4. The number of carbonyl (C=O) groups is 1. The van der Waals surface area contributed by atoms with Crippen LogP contribution in [0, 0.1) is 0 Å². The second-order valence-corrected chi connectivity index (χ2v) is 6.64. The average molecular weight is 310 g/mol. The van der Waals surface area contributed by atoms with Crippen molar-refractivity contribution < 1.29 is 4.79 Å². The van der Waals surface area contributed by atoms with Crippen LogP contribution < -0.4 is 5.32 Å². The van der Waals surface area contributed by atoms with Crippen LogP contribution >= 0.6 is 0 Å². The highest BCUT2D eigenvalue weighted by molar-refractivity contribution is 6.02. The van der Waals surface area contributed by atoms with Crippen molar-refractivity contribution in [1.29, 1.82) is 0 Å². The SMILES string of the molecule is CN(CC(=O)Nc1cccc2ccccc12)C1CCCCCC1. The Labute approximate surface area is 138 Å². The average Bonchev–Trinajstić information content (AvgIpc) is 2.84. The van der Waals surface area contributed by atoms with Crippen molar-refractivity contribution in [3.8, 4) is 0 Å². The van der Waals surface area contributed by atoms with Crippen molar-refractivity contribution in [3.63, 3.8) is 0 Å². The molecule has 0 atom stereocenters. The number of hydrogen-bond donors (Lipinski definition) is 1. The molecule has 23 heavy (non-hydrogen) atoms. The van der Waals surface area contributed by atoms with Crippen molar-refractivity contribution in [2.75, 3.05) is 18.9 Å². The van der Waals surface area contributed by atoms with E-state index < -0.39 is 0 Å². The molecule has 1 N–H and O–H groups in total. The molecule has 3 rings (SSSR count). The molecule has 0 unspecified atom stereocenters. The fourth-order valence-corrected chi connectivity index (χ4v) is 3.58. The zero-order valence-electron chi connectivity index (χ0n) is 13.9. The van der Waals surface area contributed by atoms with Gasteiger partial charge in [0.05, 0.1) is 6.54 Å². The van der Waals surface area contributed by atoms with Crippen LogP contribution in [0.5, 0.6) is 0 Å². The minimum atomic E-state index is 0.0769. The van der Waals surface area contributed by atoms with Crippen molar-refractivity contribution in [1.82, 2.24) is 4.90 Å². The molecule has 1 saturated carbocycles. The third kappa shape index (κ3) is 4.11. The Morgan fingerprint density at radius 2 is 1.74 bits per heavy atom. The van der Waals surface area contributed by atoms with Crippen molar-refractivity contribution >= 4 is 22.4 Å². The summed E-state index contributed by atoms with van der Waals surface area (Å²) >= 11 is 0. The second-order valence-electron chi connectivity index (χ2n) is 6.64. The first-order chi connectivity index (χ1) is 11.2. The summed E-state index contributed by atoms with van der Waals surface area (Å²) in [6.45, 7) is 0.466. The van der Waals surface area contributed by atoms with E-state index in [-0.39, 0.29) is 5.91 Å². The first kappa shape index (κ1) is 16.0. The maximum absolute atomic E-state index is 12.4. The van der Waals surface area contributed by atoms with Crippen LogP contribution in [0.3, 0.4) is 0 Å². The van der Waals surface area contributed by atoms with Crippen molar-refractivity contribution in [2.24, 2.45) is 0 Å². The van der Waals surface area contributed by atoms with Crippen LogP contribution in [-0.4, -0.2) is 30.4 Å². The Kier molecular flexibility index (Phi) is 5.29. The van der Waals surface area contributed by atoms with Gasteiger partial charge in [-0.25, -0.2) is 0 Å². The first-order valence-electron chi connectivity index (χ1n) is 8.72.